The number of ether oxygens (including phenoxy) is 1. The van der Waals surface area contributed by atoms with Crippen molar-refractivity contribution < 1.29 is 13.2 Å². The van der Waals surface area contributed by atoms with Crippen molar-refractivity contribution >= 4 is 26.0 Å². The Morgan fingerprint density at radius 2 is 1.95 bits per heavy atom. The van der Waals surface area contributed by atoms with Crippen LogP contribution in [0.5, 0.6) is 5.75 Å². The van der Waals surface area contributed by atoms with Gasteiger partial charge in [-0.25, -0.2) is 13.1 Å². The topological polar surface area (TPSA) is 58.6 Å². The van der Waals surface area contributed by atoms with Gasteiger partial charge >= 0.3 is 0 Å². The van der Waals surface area contributed by atoms with Gasteiger partial charge in [0, 0.05) is 17.6 Å². The van der Waals surface area contributed by atoms with Crippen LogP contribution in [0, 0.1) is 5.41 Å². The highest BCUT2D eigenvalue weighted by atomic mass is 79.9. The van der Waals surface area contributed by atoms with Gasteiger partial charge in [-0.2, -0.15) is 0 Å². The zero-order valence-corrected chi connectivity index (χ0v) is 16.2. The first kappa shape index (κ1) is 19.4. The Kier molecular flexibility index (Phi) is 6.85. The van der Waals surface area contributed by atoms with Gasteiger partial charge in [0.05, 0.1) is 6.61 Å². The molecule has 5 nitrogen and oxygen atoms in total. The number of hydrogen-bond acceptors (Lipinski definition) is 4. The minimum absolute atomic E-state index is 0.157. The molecule has 0 aliphatic heterocycles. The summed E-state index contributed by atoms with van der Waals surface area (Å²) in [5.41, 5.74) is -0.172. The fourth-order valence-electron chi connectivity index (χ4n) is 2.25. The molecular formula is C15H25BrN2O3S. The zero-order valence-electron chi connectivity index (χ0n) is 13.8. The molecule has 0 amide bonds. The van der Waals surface area contributed by atoms with Crippen LogP contribution < -0.4 is 9.46 Å². The summed E-state index contributed by atoms with van der Waals surface area (Å²) in [6.45, 7) is 7.43. The van der Waals surface area contributed by atoms with Crippen molar-refractivity contribution in [3.8, 4) is 5.75 Å². The van der Waals surface area contributed by atoms with Gasteiger partial charge in [0.2, 0.25) is 10.0 Å². The number of hydrogen-bond donors (Lipinski definition) is 1. The lowest BCUT2D eigenvalue weighted by Crippen LogP contribution is -2.40. The fourth-order valence-corrected chi connectivity index (χ4v) is 4.17. The van der Waals surface area contributed by atoms with Crippen LogP contribution in [0.15, 0.2) is 27.6 Å². The maximum Gasteiger partial charge on any atom is 0.244 e. The molecule has 1 rings (SSSR count). The number of nitrogens with zero attached hydrogens (tertiary/aromatic N) is 1. The molecule has 22 heavy (non-hydrogen) atoms. The lowest BCUT2D eigenvalue weighted by Gasteiger charge is -2.28. The van der Waals surface area contributed by atoms with Gasteiger partial charge in [-0.15, -0.1) is 0 Å². The molecule has 0 fully saturated rings. The van der Waals surface area contributed by atoms with Crippen LogP contribution in [-0.2, 0) is 10.0 Å². The molecule has 0 radical (unpaired) electrons. The Bertz CT molecular complexity index is 601. The molecule has 1 N–H and O–H groups in total. The number of benzene rings is 1. The molecule has 7 heteroatoms. The molecule has 0 aliphatic rings. The van der Waals surface area contributed by atoms with E-state index in [1.165, 1.54) is 0 Å². The van der Waals surface area contributed by atoms with Crippen molar-refractivity contribution in [3.63, 3.8) is 0 Å². The molecule has 0 bridgehead atoms. The molecule has 1 aromatic carbocycles. The van der Waals surface area contributed by atoms with Crippen molar-refractivity contribution in [3.05, 3.63) is 22.7 Å². The summed E-state index contributed by atoms with van der Waals surface area (Å²) in [6.07, 6.45) is 0. The summed E-state index contributed by atoms with van der Waals surface area (Å²) in [5, 5.41) is 0. The van der Waals surface area contributed by atoms with Crippen LogP contribution in [-0.4, -0.2) is 47.1 Å². The molecule has 0 unspecified atom stereocenters. The Morgan fingerprint density at radius 3 is 2.50 bits per heavy atom. The molecule has 0 saturated carbocycles. The molecule has 0 heterocycles. The van der Waals surface area contributed by atoms with Gasteiger partial charge in [0.1, 0.15) is 10.6 Å². The number of halogens is 1. The largest absolute Gasteiger partial charge is 0.492 e. The maximum absolute atomic E-state index is 12.6. The van der Waals surface area contributed by atoms with Crippen LogP contribution in [0.3, 0.4) is 0 Å². The number of sulfonamides is 1. The highest BCUT2D eigenvalue weighted by molar-refractivity contribution is 9.10. The Balaban J connectivity index is 2.97. The zero-order chi connectivity index (χ0) is 17.0. The number of rotatable bonds is 8. The van der Waals surface area contributed by atoms with E-state index in [0.717, 1.165) is 6.54 Å². The van der Waals surface area contributed by atoms with Crippen LogP contribution in [0.2, 0.25) is 0 Å². The Labute approximate surface area is 142 Å². The maximum atomic E-state index is 12.6. The summed E-state index contributed by atoms with van der Waals surface area (Å²) in [4.78, 5) is 2.20. The predicted molar refractivity (Wildman–Crippen MR) is 92.8 cm³/mol. The van der Waals surface area contributed by atoms with Crippen molar-refractivity contribution in [1.82, 2.24) is 9.62 Å². The van der Waals surface area contributed by atoms with E-state index in [1.807, 2.05) is 39.8 Å². The molecule has 1 aromatic rings. The molecule has 0 saturated heterocycles. The molecule has 0 aliphatic carbocycles. The second kappa shape index (κ2) is 7.77. The van der Waals surface area contributed by atoms with Crippen molar-refractivity contribution in [2.75, 3.05) is 33.8 Å². The third-order valence-corrected chi connectivity index (χ3v) is 4.90. The lowest BCUT2D eigenvalue weighted by molar-refractivity contribution is 0.242. The van der Waals surface area contributed by atoms with E-state index in [1.54, 1.807) is 18.2 Å². The van der Waals surface area contributed by atoms with E-state index in [4.69, 9.17) is 4.74 Å². The summed E-state index contributed by atoms with van der Waals surface area (Å²) >= 11 is 3.31. The first-order valence-corrected chi connectivity index (χ1v) is 9.42. The normalized spacial score (nSPS) is 12.7. The first-order valence-electron chi connectivity index (χ1n) is 7.14. The monoisotopic (exact) mass is 392 g/mol. The van der Waals surface area contributed by atoms with Crippen molar-refractivity contribution in [2.24, 2.45) is 5.41 Å². The minimum Gasteiger partial charge on any atom is -0.492 e. The average molecular weight is 393 g/mol. The summed E-state index contributed by atoms with van der Waals surface area (Å²) in [7, 11) is 0.312. The summed E-state index contributed by atoms with van der Waals surface area (Å²) in [6, 6.07) is 4.99. The first-order chi connectivity index (χ1) is 10.1. The second-order valence-electron chi connectivity index (χ2n) is 6.25. The van der Waals surface area contributed by atoms with Crippen LogP contribution in [0.1, 0.15) is 20.8 Å². The van der Waals surface area contributed by atoms with E-state index < -0.39 is 10.0 Å². The number of nitrogens with one attached hydrogen (secondary N) is 1. The highest BCUT2D eigenvalue weighted by Gasteiger charge is 2.25. The van der Waals surface area contributed by atoms with Gasteiger partial charge in [0.25, 0.3) is 0 Å². The average Bonchev–Trinajstić information content (AvgIpc) is 2.38. The van der Waals surface area contributed by atoms with Gasteiger partial charge in [-0.05, 0) is 44.6 Å². The van der Waals surface area contributed by atoms with Gasteiger partial charge in [-0.1, -0.05) is 29.8 Å². The molecule has 0 spiro atoms. The quantitative estimate of drug-likeness (QED) is 0.738. The van der Waals surface area contributed by atoms with E-state index in [-0.39, 0.29) is 10.3 Å². The van der Waals surface area contributed by atoms with Crippen LogP contribution >= 0.6 is 15.9 Å². The van der Waals surface area contributed by atoms with E-state index in [2.05, 4.69) is 20.7 Å². The SMILES string of the molecule is CCOc1ccc(Br)cc1S(=O)(=O)NCC(C)(C)CN(C)C. The summed E-state index contributed by atoms with van der Waals surface area (Å²) in [5.74, 6) is 0.364. The third-order valence-electron chi connectivity index (χ3n) is 2.98. The smallest absolute Gasteiger partial charge is 0.244 e. The molecule has 0 aromatic heterocycles. The fraction of sp³-hybridized carbons (Fsp3) is 0.600. The van der Waals surface area contributed by atoms with Gasteiger partial charge in [0.15, 0.2) is 0 Å². The van der Waals surface area contributed by atoms with E-state index in [0.29, 0.717) is 23.4 Å². The van der Waals surface area contributed by atoms with E-state index in [9.17, 15) is 8.42 Å². The van der Waals surface area contributed by atoms with Crippen molar-refractivity contribution in [1.29, 1.82) is 0 Å². The summed E-state index contributed by atoms with van der Waals surface area (Å²) < 4.78 is 34.0. The molecule has 126 valence electrons. The van der Waals surface area contributed by atoms with Gasteiger partial charge in [-0.3, -0.25) is 0 Å². The molecular weight excluding hydrogens is 368 g/mol. The Morgan fingerprint density at radius 1 is 1.32 bits per heavy atom. The third kappa shape index (κ3) is 5.87. The predicted octanol–water partition coefficient (Wildman–Crippen LogP) is 2.71. The van der Waals surface area contributed by atoms with Crippen LogP contribution in [0.25, 0.3) is 0 Å². The lowest BCUT2D eigenvalue weighted by atomic mass is 9.93. The minimum atomic E-state index is -3.63. The standard InChI is InChI=1S/C15H25BrN2O3S/c1-6-21-13-8-7-12(16)9-14(13)22(19,20)17-10-15(2,3)11-18(4)5/h7-9,17H,6,10-11H2,1-5H3. The highest BCUT2D eigenvalue weighted by Crippen LogP contribution is 2.28. The van der Waals surface area contributed by atoms with Crippen molar-refractivity contribution in [2.45, 2.75) is 25.7 Å². The molecule has 0 atom stereocenters. The van der Waals surface area contributed by atoms with Crippen LogP contribution in [0.4, 0.5) is 0 Å². The second-order valence-corrected chi connectivity index (χ2v) is 8.90. The Hall–Kier alpha value is -0.630. The van der Waals surface area contributed by atoms with E-state index >= 15 is 0 Å². The van der Waals surface area contributed by atoms with Gasteiger partial charge < -0.3 is 9.64 Å².